The van der Waals surface area contributed by atoms with E-state index in [0.717, 1.165) is 32.2 Å². The van der Waals surface area contributed by atoms with E-state index in [1.165, 1.54) is 64.5 Å². The number of rotatable bonds is 3. The molecule has 1 saturated carbocycles. The number of amides is 2. The Kier molecular flexibility index (Phi) is 5.23. The summed E-state index contributed by atoms with van der Waals surface area (Å²) in [6.45, 7) is 3.22. The van der Waals surface area contributed by atoms with E-state index in [-0.39, 0.29) is 29.8 Å². The number of likely N-dealkylation sites (tertiary alicyclic amines) is 1. The quantitative estimate of drug-likeness (QED) is 0.824. The second-order valence-electron chi connectivity index (χ2n) is 8.91. The van der Waals surface area contributed by atoms with Gasteiger partial charge in [0.15, 0.2) is 0 Å². The van der Waals surface area contributed by atoms with Crippen LogP contribution in [0.25, 0.3) is 0 Å². The molecular weight excluding hydrogens is 314 g/mol. The molecule has 2 amide bonds. The summed E-state index contributed by atoms with van der Waals surface area (Å²) in [6, 6.07) is 0.637. The summed E-state index contributed by atoms with van der Waals surface area (Å²) < 4.78 is 0. The Bertz CT molecular complexity index is 458. The first kappa shape index (κ1) is 17.6. The highest BCUT2D eigenvalue weighted by Gasteiger charge is 2.44. The lowest BCUT2D eigenvalue weighted by Crippen LogP contribution is -2.60. The number of piperidine rings is 2. The lowest BCUT2D eigenvalue weighted by molar-refractivity contribution is 0.0291. The van der Waals surface area contributed by atoms with Gasteiger partial charge in [0, 0.05) is 24.2 Å². The van der Waals surface area contributed by atoms with Gasteiger partial charge in [0.05, 0.1) is 6.10 Å². The molecule has 0 spiro atoms. The van der Waals surface area contributed by atoms with E-state index in [4.69, 9.17) is 0 Å². The summed E-state index contributed by atoms with van der Waals surface area (Å²) in [7, 11) is 0. The second-order valence-corrected chi connectivity index (χ2v) is 8.91. The first-order valence-electron chi connectivity index (χ1n) is 10.7. The average molecular weight is 350 g/mol. The van der Waals surface area contributed by atoms with E-state index < -0.39 is 0 Å². The predicted molar refractivity (Wildman–Crippen MR) is 98.5 cm³/mol. The van der Waals surface area contributed by atoms with Crippen LogP contribution in [0.5, 0.6) is 0 Å². The van der Waals surface area contributed by atoms with Crippen molar-refractivity contribution >= 4 is 6.03 Å². The summed E-state index contributed by atoms with van der Waals surface area (Å²) in [5, 5.41) is 13.3. The number of fused-ring (bicyclic) bond motifs is 2. The number of aliphatic hydroxyl groups is 1. The van der Waals surface area contributed by atoms with Crippen molar-refractivity contribution in [2.45, 2.75) is 101 Å². The first-order valence-corrected chi connectivity index (χ1v) is 10.7. The summed E-state index contributed by atoms with van der Waals surface area (Å²) in [6.07, 6.45) is 13.8. The molecule has 0 aromatic heterocycles. The monoisotopic (exact) mass is 349 g/mol. The lowest BCUT2D eigenvalue weighted by atomic mass is 9.79. The molecule has 0 radical (unpaired) electrons. The van der Waals surface area contributed by atoms with Crippen molar-refractivity contribution in [3.8, 4) is 0 Å². The SMILES string of the molecule is O=C(NCC1(N2CCCCC2)CCCCC1)N1C2CCC1CC(O)C2. The van der Waals surface area contributed by atoms with Crippen LogP contribution in [-0.2, 0) is 0 Å². The van der Waals surface area contributed by atoms with Gasteiger partial charge < -0.3 is 15.3 Å². The van der Waals surface area contributed by atoms with Crippen molar-refractivity contribution in [3.63, 3.8) is 0 Å². The molecule has 4 aliphatic rings. The molecule has 3 saturated heterocycles. The van der Waals surface area contributed by atoms with Crippen LogP contribution in [0.4, 0.5) is 4.79 Å². The molecular formula is C20H35N3O2. The zero-order chi connectivity index (χ0) is 17.3. The van der Waals surface area contributed by atoms with E-state index in [2.05, 4.69) is 15.1 Å². The zero-order valence-electron chi connectivity index (χ0n) is 15.6. The van der Waals surface area contributed by atoms with E-state index in [0.29, 0.717) is 0 Å². The Morgan fingerprint density at radius 3 is 2.20 bits per heavy atom. The molecule has 0 aromatic carbocycles. The molecule has 3 heterocycles. The van der Waals surface area contributed by atoms with Gasteiger partial charge in [-0.2, -0.15) is 0 Å². The van der Waals surface area contributed by atoms with Crippen LogP contribution in [0.2, 0.25) is 0 Å². The highest BCUT2D eigenvalue weighted by Crippen LogP contribution is 2.37. The lowest BCUT2D eigenvalue weighted by Gasteiger charge is -2.49. The van der Waals surface area contributed by atoms with Crippen molar-refractivity contribution in [1.29, 1.82) is 0 Å². The van der Waals surface area contributed by atoms with Gasteiger partial charge in [0.25, 0.3) is 0 Å². The summed E-state index contributed by atoms with van der Waals surface area (Å²) in [4.78, 5) is 17.7. The third-order valence-corrected chi connectivity index (χ3v) is 7.32. The fourth-order valence-electron chi connectivity index (χ4n) is 5.99. The Morgan fingerprint density at radius 1 is 0.960 bits per heavy atom. The molecule has 2 bridgehead atoms. The molecule has 25 heavy (non-hydrogen) atoms. The van der Waals surface area contributed by atoms with Gasteiger partial charge in [0.2, 0.25) is 0 Å². The van der Waals surface area contributed by atoms with Crippen molar-refractivity contribution < 1.29 is 9.90 Å². The Morgan fingerprint density at radius 2 is 1.56 bits per heavy atom. The van der Waals surface area contributed by atoms with Gasteiger partial charge >= 0.3 is 6.03 Å². The number of aliphatic hydroxyl groups excluding tert-OH is 1. The predicted octanol–water partition coefficient (Wildman–Crippen LogP) is 2.87. The third kappa shape index (κ3) is 3.55. The molecule has 3 aliphatic heterocycles. The summed E-state index contributed by atoms with van der Waals surface area (Å²) >= 11 is 0. The molecule has 2 unspecified atom stereocenters. The summed E-state index contributed by atoms with van der Waals surface area (Å²) in [5.74, 6) is 0. The molecule has 2 atom stereocenters. The Labute approximate surface area is 152 Å². The van der Waals surface area contributed by atoms with Crippen molar-refractivity contribution in [1.82, 2.24) is 15.1 Å². The molecule has 4 rings (SSSR count). The first-order chi connectivity index (χ1) is 12.2. The Hall–Kier alpha value is -0.810. The number of nitrogens with one attached hydrogen (secondary N) is 1. The van der Waals surface area contributed by atoms with E-state index in [1.807, 2.05) is 0 Å². The fraction of sp³-hybridized carbons (Fsp3) is 0.950. The van der Waals surface area contributed by atoms with Gasteiger partial charge in [-0.15, -0.1) is 0 Å². The number of carbonyl (C=O) groups excluding carboxylic acids is 1. The van der Waals surface area contributed by atoms with Crippen LogP contribution in [0.15, 0.2) is 0 Å². The molecule has 4 fully saturated rings. The van der Waals surface area contributed by atoms with Gasteiger partial charge in [-0.25, -0.2) is 4.79 Å². The maximum Gasteiger partial charge on any atom is 0.317 e. The third-order valence-electron chi connectivity index (χ3n) is 7.32. The fourth-order valence-corrected chi connectivity index (χ4v) is 5.99. The van der Waals surface area contributed by atoms with Crippen LogP contribution in [0, 0.1) is 0 Å². The van der Waals surface area contributed by atoms with Crippen molar-refractivity contribution in [2.24, 2.45) is 0 Å². The molecule has 0 aromatic rings. The van der Waals surface area contributed by atoms with E-state index in [9.17, 15) is 9.90 Å². The number of nitrogens with zero attached hydrogens (tertiary/aromatic N) is 2. The van der Waals surface area contributed by atoms with Crippen LogP contribution in [0.3, 0.4) is 0 Å². The number of carbonyl (C=O) groups is 1. The second kappa shape index (κ2) is 7.43. The topological polar surface area (TPSA) is 55.8 Å². The van der Waals surface area contributed by atoms with Gasteiger partial charge in [-0.3, -0.25) is 4.90 Å². The maximum atomic E-state index is 12.9. The normalized spacial score (nSPS) is 35.6. The molecule has 5 nitrogen and oxygen atoms in total. The minimum atomic E-state index is -0.209. The van der Waals surface area contributed by atoms with Crippen LogP contribution >= 0.6 is 0 Å². The molecule has 142 valence electrons. The largest absolute Gasteiger partial charge is 0.393 e. The highest BCUT2D eigenvalue weighted by atomic mass is 16.3. The molecule has 2 N–H and O–H groups in total. The maximum absolute atomic E-state index is 12.9. The number of hydrogen-bond acceptors (Lipinski definition) is 3. The average Bonchev–Trinajstić information content (AvgIpc) is 2.93. The van der Waals surface area contributed by atoms with E-state index in [1.54, 1.807) is 0 Å². The Balaban J connectivity index is 1.40. The number of urea groups is 1. The van der Waals surface area contributed by atoms with E-state index >= 15 is 0 Å². The molecule has 5 heteroatoms. The minimum absolute atomic E-state index is 0.126. The smallest absolute Gasteiger partial charge is 0.317 e. The van der Waals surface area contributed by atoms with Gasteiger partial charge in [0.1, 0.15) is 0 Å². The van der Waals surface area contributed by atoms with Crippen molar-refractivity contribution in [3.05, 3.63) is 0 Å². The highest BCUT2D eigenvalue weighted by molar-refractivity contribution is 5.75. The van der Waals surface area contributed by atoms with Crippen LogP contribution in [-0.4, -0.2) is 64.3 Å². The van der Waals surface area contributed by atoms with Gasteiger partial charge in [-0.1, -0.05) is 25.7 Å². The zero-order valence-corrected chi connectivity index (χ0v) is 15.6. The molecule has 1 aliphatic carbocycles. The minimum Gasteiger partial charge on any atom is -0.393 e. The number of hydrogen-bond donors (Lipinski definition) is 2. The summed E-state index contributed by atoms with van der Waals surface area (Å²) in [5.41, 5.74) is 0.197. The van der Waals surface area contributed by atoms with Crippen LogP contribution < -0.4 is 5.32 Å². The standard InChI is InChI=1S/C20H35N3O2/c24-18-13-16-7-8-17(14-18)23(16)19(25)21-15-20(9-3-1-4-10-20)22-11-5-2-6-12-22/h16-18,24H,1-15H2,(H,21,25). The van der Waals surface area contributed by atoms with Crippen molar-refractivity contribution in [2.75, 3.05) is 19.6 Å². The van der Waals surface area contributed by atoms with Crippen LogP contribution in [0.1, 0.15) is 77.0 Å². The van der Waals surface area contributed by atoms with Gasteiger partial charge in [-0.05, 0) is 64.5 Å².